The number of alkyl carbamates (subject to hydrolysis) is 1. The first-order valence-corrected chi connectivity index (χ1v) is 6.69. The Morgan fingerprint density at radius 1 is 1.14 bits per heavy atom. The summed E-state index contributed by atoms with van der Waals surface area (Å²) in [7, 11) is 0. The van der Waals surface area contributed by atoms with Crippen molar-refractivity contribution in [2.45, 2.75) is 45.8 Å². The third-order valence-corrected chi connectivity index (χ3v) is 2.51. The Morgan fingerprint density at radius 3 is 2.14 bits per heavy atom. The van der Waals surface area contributed by atoms with Gasteiger partial charge in [-0.05, 0) is 46.8 Å². The van der Waals surface area contributed by atoms with Gasteiger partial charge in [0.05, 0.1) is 5.54 Å². The summed E-state index contributed by atoms with van der Waals surface area (Å²) >= 11 is 0. The van der Waals surface area contributed by atoms with Crippen molar-refractivity contribution in [1.82, 2.24) is 5.32 Å². The molecular formula is C15H22F2N2O2. The number of hydrogen-bond donors (Lipinski definition) is 2. The van der Waals surface area contributed by atoms with Gasteiger partial charge in [-0.3, -0.25) is 0 Å². The second kappa shape index (κ2) is 6.28. The number of amides is 1. The SMILES string of the molecule is CC(C)(CNc1c(F)cccc1F)NC(=O)OC(C)(C)C. The van der Waals surface area contributed by atoms with Crippen LogP contribution >= 0.6 is 0 Å². The molecule has 0 unspecified atom stereocenters. The molecule has 0 saturated heterocycles. The van der Waals surface area contributed by atoms with Gasteiger partial charge in [0, 0.05) is 6.54 Å². The Hall–Kier alpha value is -1.85. The summed E-state index contributed by atoms with van der Waals surface area (Å²) in [6.45, 7) is 8.86. The van der Waals surface area contributed by atoms with Crippen LogP contribution in [0.4, 0.5) is 19.3 Å². The Morgan fingerprint density at radius 2 is 1.67 bits per heavy atom. The van der Waals surface area contributed by atoms with Crippen molar-refractivity contribution in [3.05, 3.63) is 29.8 Å². The summed E-state index contributed by atoms with van der Waals surface area (Å²) in [5.41, 5.74) is -1.56. The number of para-hydroxylation sites is 1. The van der Waals surface area contributed by atoms with E-state index in [4.69, 9.17) is 4.74 Å². The zero-order chi connectivity index (χ0) is 16.3. The summed E-state index contributed by atoms with van der Waals surface area (Å²) < 4.78 is 32.1. The first-order valence-electron chi connectivity index (χ1n) is 6.69. The summed E-state index contributed by atoms with van der Waals surface area (Å²) in [5.74, 6) is -1.36. The van der Waals surface area contributed by atoms with Crippen LogP contribution in [0.25, 0.3) is 0 Å². The molecule has 0 atom stereocenters. The molecular weight excluding hydrogens is 278 g/mol. The molecule has 4 nitrogen and oxygen atoms in total. The number of nitrogens with one attached hydrogen (secondary N) is 2. The monoisotopic (exact) mass is 300 g/mol. The number of anilines is 1. The minimum Gasteiger partial charge on any atom is -0.444 e. The Labute approximate surface area is 123 Å². The smallest absolute Gasteiger partial charge is 0.408 e. The normalized spacial score (nSPS) is 12.0. The van der Waals surface area contributed by atoms with Crippen LogP contribution in [0.1, 0.15) is 34.6 Å². The molecule has 0 spiro atoms. The molecule has 0 aliphatic carbocycles. The van der Waals surface area contributed by atoms with Crippen molar-refractivity contribution in [3.63, 3.8) is 0 Å². The van der Waals surface area contributed by atoms with Gasteiger partial charge < -0.3 is 15.4 Å². The van der Waals surface area contributed by atoms with Crippen LogP contribution in [0, 0.1) is 11.6 Å². The predicted octanol–water partition coefficient (Wildman–Crippen LogP) is 3.68. The lowest BCUT2D eigenvalue weighted by Crippen LogP contribution is -2.50. The fourth-order valence-electron chi connectivity index (χ4n) is 1.60. The second-order valence-electron chi connectivity index (χ2n) is 6.46. The predicted molar refractivity (Wildman–Crippen MR) is 78.3 cm³/mol. The second-order valence-corrected chi connectivity index (χ2v) is 6.46. The number of ether oxygens (including phenoxy) is 1. The van der Waals surface area contributed by atoms with Gasteiger partial charge in [-0.15, -0.1) is 0 Å². The lowest BCUT2D eigenvalue weighted by Gasteiger charge is -2.29. The van der Waals surface area contributed by atoms with Crippen molar-refractivity contribution < 1.29 is 18.3 Å². The van der Waals surface area contributed by atoms with Crippen LogP contribution in [0.3, 0.4) is 0 Å². The van der Waals surface area contributed by atoms with Crippen LogP contribution in [0.2, 0.25) is 0 Å². The van der Waals surface area contributed by atoms with E-state index in [2.05, 4.69) is 10.6 Å². The first-order chi connectivity index (χ1) is 9.50. The highest BCUT2D eigenvalue weighted by atomic mass is 19.1. The fourth-order valence-corrected chi connectivity index (χ4v) is 1.60. The Bertz CT molecular complexity index is 491. The van der Waals surface area contributed by atoms with Gasteiger partial charge in [0.25, 0.3) is 0 Å². The van der Waals surface area contributed by atoms with E-state index in [1.54, 1.807) is 34.6 Å². The zero-order valence-corrected chi connectivity index (χ0v) is 13.0. The van der Waals surface area contributed by atoms with E-state index in [1.807, 2.05) is 0 Å². The third kappa shape index (κ3) is 5.97. The van der Waals surface area contributed by atoms with Crippen molar-refractivity contribution in [3.8, 4) is 0 Å². The van der Waals surface area contributed by atoms with Gasteiger partial charge in [-0.2, -0.15) is 0 Å². The number of benzene rings is 1. The van der Waals surface area contributed by atoms with E-state index < -0.39 is 28.9 Å². The summed E-state index contributed by atoms with van der Waals surface area (Å²) in [6.07, 6.45) is -0.580. The lowest BCUT2D eigenvalue weighted by molar-refractivity contribution is 0.0478. The largest absolute Gasteiger partial charge is 0.444 e. The lowest BCUT2D eigenvalue weighted by atomic mass is 10.1. The van der Waals surface area contributed by atoms with Gasteiger partial charge in [-0.1, -0.05) is 6.07 Å². The summed E-state index contributed by atoms with van der Waals surface area (Å²) in [6, 6.07) is 3.62. The van der Waals surface area contributed by atoms with E-state index >= 15 is 0 Å². The van der Waals surface area contributed by atoms with Crippen LogP contribution in [-0.2, 0) is 4.74 Å². The molecule has 0 saturated carbocycles. The molecule has 1 amide bonds. The molecule has 1 aromatic rings. The van der Waals surface area contributed by atoms with Crippen molar-refractivity contribution in [1.29, 1.82) is 0 Å². The fraction of sp³-hybridized carbons (Fsp3) is 0.533. The van der Waals surface area contributed by atoms with E-state index in [0.29, 0.717) is 0 Å². The van der Waals surface area contributed by atoms with Gasteiger partial charge in [0.2, 0.25) is 0 Å². The van der Waals surface area contributed by atoms with E-state index in [-0.39, 0.29) is 12.2 Å². The summed E-state index contributed by atoms with van der Waals surface area (Å²) in [5, 5.41) is 5.32. The topological polar surface area (TPSA) is 50.4 Å². The van der Waals surface area contributed by atoms with Crippen LogP contribution < -0.4 is 10.6 Å². The van der Waals surface area contributed by atoms with Crippen LogP contribution in [0.5, 0.6) is 0 Å². The zero-order valence-electron chi connectivity index (χ0n) is 13.0. The average Bonchev–Trinajstić information content (AvgIpc) is 2.24. The summed E-state index contributed by atoms with van der Waals surface area (Å²) in [4.78, 5) is 11.7. The molecule has 6 heteroatoms. The number of carbonyl (C=O) groups is 1. The third-order valence-electron chi connectivity index (χ3n) is 2.51. The number of hydrogen-bond acceptors (Lipinski definition) is 3. The van der Waals surface area contributed by atoms with Crippen LogP contribution in [0.15, 0.2) is 18.2 Å². The molecule has 0 aliphatic rings. The molecule has 0 aliphatic heterocycles. The van der Waals surface area contributed by atoms with Gasteiger partial charge in [0.1, 0.15) is 22.9 Å². The quantitative estimate of drug-likeness (QED) is 0.892. The molecule has 118 valence electrons. The van der Waals surface area contributed by atoms with Crippen molar-refractivity contribution in [2.75, 3.05) is 11.9 Å². The van der Waals surface area contributed by atoms with E-state index in [0.717, 1.165) is 0 Å². The van der Waals surface area contributed by atoms with E-state index in [9.17, 15) is 13.6 Å². The molecule has 0 aromatic heterocycles. The highest BCUT2D eigenvalue weighted by Crippen LogP contribution is 2.19. The van der Waals surface area contributed by atoms with Crippen molar-refractivity contribution in [2.24, 2.45) is 0 Å². The average molecular weight is 300 g/mol. The first kappa shape index (κ1) is 17.2. The molecule has 1 aromatic carbocycles. The Balaban J connectivity index is 2.63. The van der Waals surface area contributed by atoms with Gasteiger partial charge in [0.15, 0.2) is 0 Å². The maximum Gasteiger partial charge on any atom is 0.408 e. The number of halogens is 2. The molecule has 1 rings (SSSR count). The minimum atomic E-state index is -0.739. The molecule has 2 N–H and O–H groups in total. The molecule has 0 bridgehead atoms. The standard InChI is InChI=1S/C15H22F2N2O2/c1-14(2,3)21-13(20)19-15(4,5)9-18-12-10(16)7-6-8-11(12)17/h6-8,18H,9H2,1-5H3,(H,19,20). The maximum atomic E-state index is 13.5. The van der Waals surface area contributed by atoms with Gasteiger partial charge in [-0.25, -0.2) is 13.6 Å². The highest BCUT2D eigenvalue weighted by Gasteiger charge is 2.25. The maximum absolute atomic E-state index is 13.5. The van der Waals surface area contributed by atoms with Gasteiger partial charge >= 0.3 is 6.09 Å². The van der Waals surface area contributed by atoms with Crippen LogP contribution in [-0.4, -0.2) is 23.8 Å². The minimum absolute atomic E-state index is 0.143. The number of rotatable bonds is 4. The molecule has 0 fully saturated rings. The molecule has 0 radical (unpaired) electrons. The highest BCUT2D eigenvalue weighted by molar-refractivity contribution is 5.68. The Kier molecular flexibility index (Phi) is 5.15. The molecule has 0 heterocycles. The number of carbonyl (C=O) groups excluding carboxylic acids is 1. The molecule has 21 heavy (non-hydrogen) atoms. The van der Waals surface area contributed by atoms with Crippen molar-refractivity contribution >= 4 is 11.8 Å². The van der Waals surface area contributed by atoms with E-state index in [1.165, 1.54) is 18.2 Å².